The van der Waals surface area contributed by atoms with Crippen LogP contribution in [0.15, 0.2) is 0 Å². The van der Waals surface area contributed by atoms with Crippen LogP contribution < -0.4 is 5.32 Å². The van der Waals surface area contributed by atoms with Gasteiger partial charge in [-0.15, -0.1) is 10.2 Å². The molecule has 0 aromatic carbocycles. The summed E-state index contributed by atoms with van der Waals surface area (Å²) in [7, 11) is 0. The number of carbonyl (C=O) groups is 1. The fourth-order valence-electron chi connectivity index (χ4n) is 1.20. The molecule has 1 atom stereocenters. The van der Waals surface area contributed by atoms with Crippen LogP contribution in [0.25, 0.3) is 0 Å². The Hall–Kier alpha value is -1.17. The molecular weight excluding hydrogens is 214 g/mol. The molecule has 0 aliphatic rings. The van der Waals surface area contributed by atoms with Crippen LogP contribution >= 0.6 is 11.3 Å². The van der Waals surface area contributed by atoms with Crippen LogP contribution in [0.1, 0.15) is 25.3 Å². The van der Waals surface area contributed by atoms with Gasteiger partial charge in [0.15, 0.2) is 0 Å². The van der Waals surface area contributed by atoms with Crippen molar-refractivity contribution in [1.29, 1.82) is 0 Å². The molecule has 0 spiro atoms. The zero-order valence-electron chi connectivity index (χ0n) is 9.02. The summed E-state index contributed by atoms with van der Waals surface area (Å²) in [4.78, 5) is 10.9. The van der Waals surface area contributed by atoms with Crippen molar-refractivity contribution in [3.8, 4) is 0 Å². The largest absolute Gasteiger partial charge is 0.480 e. The minimum absolute atomic E-state index is 0.326. The Labute approximate surface area is 92.5 Å². The van der Waals surface area contributed by atoms with E-state index in [-0.39, 0.29) is 0 Å². The Morgan fingerprint density at radius 1 is 1.53 bits per heavy atom. The van der Waals surface area contributed by atoms with Crippen LogP contribution in [0.5, 0.6) is 0 Å². The van der Waals surface area contributed by atoms with Crippen LogP contribution in [-0.4, -0.2) is 27.3 Å². The van der Waals surface area contributed by atoms with Gasteiger partial charge in [-0.05, 0) is 19.3 Å². The number of aryl methyl sites for hydroxylation is 1. The van der Waals surface area contributed by atoms with Gasteiger partial charge < -0.3 is 10.4 Å². The molecule has 6 heteroatoms. The average molecular weight is 229 g/mol. The van der Waals surface area contributed by atoms with Crippen molar-refractivity contribution < 1.29 is 9.90 Å². The van der Waals surface area contributed by atoms with Gasteiger partial charge in [0.25, 0.3) is 0 Å². The standard InChI is InChI=1S/C9H15N3O2S/c1-5(2)4-7(8(13)14)10-9-12-11-6(3)15-9/h5,7H,4H2,1-3H3,(H,10,12)(H,13,14). The second kappa shape index (κ2) is 5.06. The molecule has 1 rings (SSSR count). The molecule has 1 heterocycles. The van der Waals surface area contributed by atoms with E-state index in [0.717, 1.165) is 5.01 Å². The van der Waals surface area contributed by atoms with Gasteiger partial charge in [-0.25, -0.2) is 4.79 Å². The topological polar surface area (TPSA) is 75.1 Å². The smallest absolute Gasteiger partial charge is 0.326 e. The summed E-state index contributed by atoms with van der Waals surface area (Å²) in [6.45, 7) is 5.81. The van der Waals surface area contributed by atoms with E-state index in [1.54, 1.807) is 0 Å². The molecule has 1 aromatic heterocycles. The summed E-state index contributed by atoms with van der Waals surface area (Å²) >= 11 is 1.36. The molecule has 1 aromatic rings. The number of carboxylic acid groups (broad SMARTS) is 1. The third-order valence-electron chi connectivity index (χ3n) is 1.83. The second-order valence-corrected chi connectivity index (χ2v) is 4.97. The van der Waals surface area contributed by atoms with Crippen molar-refractivity contribution in [3.63, 3.8) is 0 Å². The molecule has 0 aliphatic heterocycles. The van der Waals surface area contributed by atoms with Crippen LogP contribution in [0, 0.1) is 12.8 Å². The van der Waals surface area contributed by atoms with E-state index in [0.29, 0.717) is 17.5 Å². The third kappa shape index (κ3) is 3.83. The van der Waals surface area contributed by atoms with Crippen molar-refractivity contribution in [2.75, 3.05) is 5.32 Å². The lowest BCUT2D eigenvalue weighted by molar-refractivity contribution is -0.138. The lowest BCUT2D eigenvalue weighted by Gasteiger charge is -2.14. The van der Waals surface area contributed by atoms with Crippen molar-refractivity contribution in [2.45, 2.75) is 33.2 Å². The number of nitrogens with one attached hydrogen (secondary N) is 1. The molecule has 0 fully saturated rings. The Morgan fingerprint density at radius 2 is 2.20 bits per heavy atom. The van der Waals surface area contributed by atoms with Gasteiger partial charge in [0.2, 0.25) is 5.13 Å². The fraction of sp³-hybridized carbons (Fsp3) is 0.667. The maximum atomic E-state index is 10.9. The molecular formula is C9H15N3O2S. The molecule has 0 aliphatic carbocycles. The Morgan fingerprint density at radius 3 is 2.60 bits per heavy atom. The lowest BCUT2D eigenvalue weighted by atomic mass is 10.0. The molecule has 0 saturated carbocycles. The van der Waals surface area contributed by atoms with E-state index >= 15 is 0 Å². The summed E-state index contributed by atoms with van der Waals surface area (Å²) in [5.41, 5.74) is 0. The van der Waals surface area contributed by atoms with Crippen LogP contribution in [0.2, 0.25) is 0 Å². The summed E-state index contributed by atoms with van der Waals surface area (Å²) in [6.07, 6.45) is 0.577. The number of nitrogens with zero attached hydrogens (tertiary/aromatic N) is 2. The maximum Gasteiger partial charge on any atom is 0.326 e. The minimum Gasteiger partial charge on any atom is -0.480 e. The highest BCUT2D eigenvalue weighted by molar-refractivity contribution is 7.15. The molecule has 0 bridgehead atoms. The second-order valence-electron chi connectivity index (χ2n) is 3.79. The number of hydrogen-bond donors (Lipinski definition) is 2. The predicted molar refractivity (Wildman–Crippen MR) is 59.1 cm³/mol. The predicted octanol–water partition coefficient (Wildman–Crippen LogP) is 1.76. The molecule has 0 amide bonds. The summed E-state index contributed by atoms with van der Waals surface area (Å²) in [5, 5.41) is 20.9. The number of hydrogen-bond acceptors (Lipinski definition) is 5. The normalized spacial score (nSPS) is 12.8. The van der Waals surface area contributed by atoms with E-state index in [1.807, 2.05) is 20.8 Å². The van der Waals surface area contributed by atoms with Gasteiger partial charge in [-0.2, -0.15) is 0 Å². The zero-order valence-corrected chi connectivity index (χ0v) is 9.84. The molecule has 2 N–H and O–H groups in total. The number of aliphatic carboxylic acids is 1. The van der Waals surface area contributed by atoms with Gasteiger partial charge in [-0.1, -0.05) is 25.2 Å². The SMILES string of the molecule is Cc1nnc(NC(CC(C)C)C(=O)O)s1. The number of anilines is 1. The van der Waals surface area contributed by atoms with Crippen LogP contribution in [-0.2, 0) is 4.79 Å². The van der Waals surface area contributed by atoms with Gasteiger partial charge in [0.1, 0.15) is 11.0 Å². The summed E-state index contributed by atoms with van der Waals surface area (Å²) < 4.78 is 0. The van der Waals surface area contributed by atoms with E-state index < -0.39 is 12.0 Å². The monoisotopic (exact) mass is 229 g/mol. The van der Waals surface area contributed by atoms with Gasteiger partial charge in [0, 0.05) is 0 Å². The van der Waals surface area contributed by atoms with Crippen molar-refractivity contribution >= 4 is 22.4 Å². The van der Waals surface area contributed by atoms with Crippen molar-refractivity contribution in [2.24, 2.45) is 5.92 Å². The molecule has 0 saturated heterocycles. The van der Waals surface area contributed by atoms with Gasteiger partial charge in [0.05, 0.1) is 0 Å². The molecule has 0 radical (unpaired) electrons. The van der Waals surface area contributed by atoms with Gasteiger partial charge in [-0.3, -0.25) is 0 Å². The first-order chi connectivity index (χ1) is 6.99. The molecule has 15 heavy (non-hydrogen) atoms. The Kier molecular flexibility index (Phi) is 4.02. The van der Waals surface area contributed by atoms with Crippen LogP contribution in [0.4, 0.5) is 5.13 Å². The first-order valence-electron chi connectivity index (χ1n) is 4.78. The lowest BCUT2D eigenvalue weighted by Crippen LogP contribution is -2.30. The maximum absolute atomic E-state index is 10.9. The van der Waals surface area contributed by atoms with E-state index in [9.17, 15) is 4.79 Å². The van der Waals surface area contributed by atoms with Crippen molar-refractivity contribution in [1.82, 2.24) is 10.2 Å². The summed E-state index contributed by atoms with van der Waals surface area (Å²) in [5.74, 6) is -0.524. The van der Waals surface area contributed by atoms with E-state index in [2.05, 4.69) is 15.5 Å². The highest BCUT2D eigenvalue weighted by atomic mass is 32.1. The quantitative estimate of drug-likeness (QED) is 0.804. The molecule has 5 nitrogen and oxygen atoms in total. The number of rotatable bonds is 5. The van der Waals surface area contributed by atoms with E-state index in [4.69, 9.17) is 5.11 Å². The van der Waals surface area contributed by atoms with E-state index in [1.165, 1.54) is 11.3 Å². The Balaban J connectivity index is 2.62. The molecule has 84 valence electrons. The highest BCUT2D eigenvalue weighted by Gasteiger charge is 2.19. The third-order valence-corrected chi connectivity index (χ3v) is 2.60. The van der Waals surface area contributed by atoms with Crippen molar-refractivity contribution in [3.05, 3.63) is 5.01 Å². The zero-order chi connectivity index (χ0) is 11.4. The number of aromatic nitrogens is 2. The highest BCUT2D eigenvalue weighted by Crippen LogP contribution is 2.17. The number of carboxylic acids is 1. The fourth-order valence-corrected chi connectivity index (χ4v) is 1.84. The first-order valence-corrected chi connectivity index (χ1v) is 5.60. The summed E-state index contributed by atoms with van der Waals surface area (Å²) in [6, 6.07) is -0.586. The van der Waals surface area contributed by atoms with Gasteiger partial charge >= 0.3 is 5.97 Å². The average Bonchev–Trinajstić information content (AvgIpc) is 2.49. The minimum atomic E-state index is -0.850. The molecule has 1 unspecified atom stereocenters. The van der Waals surface area contributed by atoms with Crippen LogP contribution in [0.3, 0.4) is 0 Å². The Bertz CT molecular complexity index is 338. The first kappa shape index (κ1) is 11.9.